The van der Waals surface area contributed by atoms with Gasteiger partial charge in [-0.2, -0.15) is 8.78 Å². The summed E-state index contributed by atoms with van der Waals surface area (Å²) in [5.74, 6) is 0.740. The number of alkyl halides is 2. The second kappa shape index (κ2) is 7.45. The Labute approximate surface area is 123 Å². The van der Waals surface area contributed by atoms with Crippen molar-refractivity contribution in [2.75, 3.05) is 19.5 Å². The summed E-state index contributed by atoms with van der Waals surface area (Å²) in [5.41, 5.74) is 0.538. The SMILES string of the molecule is COc1ccc(OC(F)F)c(NC2CCC(OC)CC2)c1. The number of anilines is 1. The predicted octanol–water partition coefficient (Wildman–Crippen LogP) is 3.67. The van der Waals surface area contributed by atoms with E-state index in [1.165, 1.54) is 13.2 Å². The summed E-state index contributed by atoms with van der Waals surface area (Å²) in [6, 6.07) is 5.00. The Kier molecular flexibility index (Phi) is 5.61. The Morgan fingerprint density at radius 1 is 1.14 bits per heavy atom. The van der Waals surface area contributed by atoms with Gasteiger partial charge in [-0.3, -0.25) is 0 Å². The lowest BCUT2D eigenvalue weighted by Gasteiger charge is -2.29. The fraction of sp³-hybridized carbons (Fsp3) is 0.600. The highest BCUT2D eigenvalue weighted by Crippen LogP contribution is 2.33. The Morgan fingerprint density at radius 2 is 1.86 bits per heavy atom. The molecule has 6 heteroatoms. The highest BCUT2D eigenvalue weighted by molar-refractivity contribution is 5.60. The Morgan fingerprint density at radius 3 is 2.43 bits per heavy atom. The van der Waals surface area contributed by atoms with E-state index in [1.54, 1.807) is 19.2 Å². The topological polar surface area (TPSA) is 39.7 Å². The molecule has 2 rings (SSSR count). The molecule has 0 unspecified atom stereocenters. The van der Waals surface area contributed by atoms with E-state index >= 15 is 0 Å². The smallest absolute Gasteiger partial charge is 0.387 e. The van der Waals surface area contributed by atoms with Crippen molar-refractivity contribution in [3.63, 3.8) is 0 Å². The summed E-state index contributed by atoms with van der Waals surface area (Å²) < 4.78 is 39.9. The minimum Gasteiger partial charge on any atom is -0.497 e. The minimum atomic E-state index is -2.84. The Balaban J connectivity index is 2.06. The third-order valence-corrected chi connectivity index (χ3v) is 3.77. The summed E-state index contributed by atoms with van der Waals surface area (Å²) in [5, 5.41) is 3.28. The molecule has 1 aromatic carbocycles. The molecule has 0 amide bonds. The van der Waals surface area contributed by atoms with Crippen LogP contribution in [-0.2, 0) is 4.74 Å². The number of hydrogen-bond donors (Lipinski definition) is 1. The summed E-state index contributed by atoms with van der Waals surface area (Å²) in [4.78, 5) is 0. The van der Waals surface area contributed by atoms with Crippen LogP contribution in [0, 0.1) is 0 Å². The number of methoxy groups -OCH3 is 2. The van der Waals surface area contributed by atoms with Crippen LogP contribution in [0.4, 0.5) is 14.5 Å². The van der Waals surface area contributed by atoms with Crippen molar-refractivity contribution in [3.8, 4) is 11.5 Å². The maximum Gasteiger partial charge on any atom is 0.387 e. The van der Waals surface area contributed by atoms with Crippen molar-refractivity contribution in [1.29, 1.82) is 0 Å². The van der Waals surface area contributed by atoms with E-state index in [4.69, 9.17) is 9.47 Å². The molecule has 0 spiro atoms. The first-order valence-corrected chi connectivity index (χ1v) is 7.04. The van der Waals surface area contributed by atoms with Crippen LogP contribution in [-0.4, -0.2) is 33.0 Å². The molecule has 0 aliphatic heterocycles. The van der Waals surface area contributed by atoms with Crippen molar-refractivity contribution < 1.29 is 23.0 Å². The predicted molar refractivity (Wildman–Crippen MR) is 76.3 cm³/mol. The summed E-state index contributed by atoms with van der Waals surface area (Å²) in [6.45, 7) is -2.84. The summed E-state index contributed by atoms with van der Waals surface area (Å²) in [6.07, 6.45) is 4.09. The van der Waals surface area contributed by atoms with E-state index in [0.29, 0.717) is 17.5 Å². The lowest BCUT2D eigenvalue weighted by Crippen LogP contribution is -2.29. The lowest BCUT2D eigenvalue weighted by atomic mass is 9.93. The number of nitrogens with one attached hydrogen (secondary N) is 1. The van der Waals surface area contributed by atoms with E-state index < -0.39 is 6.61 Å². The zero-order valence-electron chi connectivity index (χ0n) is 12.3. The molecule has 1 saturated carbocycles. The van der Waals surface area contributed by atoms with Gasteiger partial charge in [-0.05, 0) is 37.8 Å². The third kappa shape index (κ3) is 4.46. The van der Waals surface area contributed by atoms with Gasteiger partial charge in [0.15, 0.2) is 0 Å². The van der Waals surface area contributed by atoms with Gasteiger partial charge in [-0.1, -0.05) is 0 Å². The number of rotatable bonds is 6. The molecule has 1 N–H and O–H groups in total. The number of ether oxygens (including phenoxy) is 3. The third-order valence-electron chi connectivity index (χ3n) is 3.77. The van der Waals surface area contributed by atoms with Crippen molar-refractivity contribution in [1.82, 2.24) is 0 Å². The van der Waals surface area contributed by atoms with Gasteiger partial charge < -0.3 is 19.5 Å². The first kappa shape index (κ1) is 15.8. The fourth-order valence-electron chi connectivity index (χ4n) is 2.61. The average molecular weight is 301 g/mol. The molecule has 1 aliphatic carbocycles. The average Bonchev–Trinajstić information content (AvgIpc) is 2.49. The second-order valence-corrected chi connectivity index (χ2v) is 5.09. The van der Waals surface area contributed by atoms with Gasteiger partial charge in [-0.25, -0.2) is 0 Å². The van der Waals surface area contributed by atoms with Crippen molar-refractivity contribution in [3.05, 3.63) is 18.2 Å². The summed E-state index contributed by atoms with van der Waals surface area (Å²) in [7, 11) is 3.26. The van der Waals surface area contributed by atoms with Crippen LogP contribution >= 0.6 is 0 Å². The fourth-order valence-corrected chi connectivity index (χ4v) is 2.61. The van der Waals surface area contributed by atoms with Crippen molar-refractivity contribution in [2.24, 2.45) is 0 Å². The molecule has 0 radical (unpaired) electrons. The van der Waals surface area contributed by atoms with Crippen LogP contribution < -0.4 is 14.8 Å². The number of hydrogen-bond acceptors (Lipinski definition) is 4. The molecule has 1 aliphatic rings. The Bertz CT molecular complexity index is 449. The van der Waals surface area contributed by atoms with Crippen LogP contribution in [0.3, 0.4) is 0 Å². The molecule has 0 heterocycles. The first-order valence-electron chi connectivity index (χ1n) is 7.04. The lowest BCUT2D eigenvalue weighted by molar-refractivity contribution is -0.0494. The second-order valence-electron chi connectivity index (χ2n) is 5.09. The van der Waals surface area contributed by atoms with Crippen LogP contribution in [0.15, 0.2) is 18.2 Å². The van der Waals surface area contributed by atoms with Gasteiger partial charge >= 0.3 is 6.61 Å². The van der Waals surface area contributed by atoms with E-state index in [-0.39, 0.29) is 11.8 Å². The molecular formula is C15H21F2NO3. The molecule has 0 bridgehead atoms. The molecule has 0 saturated heterocycles. The van der Waals surface area contributed by atoms with Gasteiger partial charge in [0.25, 0.3) is 0 Å². The van der Waals surface area contributed by atoms with Crippen LogP contribution in [0.25, 0.3) is 0 Å². The maximum absolute atomic E-state index is 12.5. The minimum absolute atomic E-state index is 0.139. The van der Waals surface area contributed by atoms with E-state index in [0.717, 1.165) is 25.7 Å². The zero-order valence-corrected chi connectivity index (χ0v) is 12.3. The van der Waals surface area contributed by atoms with Crippen LogP contribution in [0.2, 0.25) is 0 Å². The van der Waals surface area contributed by atoms with E-state index in [1.807, 2.05) is 0 Å². The summed E-state index contributed by atoms with van der Waals surface area (Å²) >= 11 is 0. The number of halogens is 2. The zero-order chi connectivity index (χ0) is 15.2. The molecule has 21 heavy (non-hydrogen) atoms. The van der Waals surface area contributed by atoms with E-state index in [9.17, 15) is 8.78 Å². The largest absolute Gasteiger partial charge is 0.497 e. The molecule has 118 valence electrons. The first-order chi connectivity index (χ1) is 10.1. The standard InChI is InChI=1S/C15H21F2NO3/c1-19-11-5-3-10(4-6-11)18-13-9-12(20-2)7-8-14(13)21-15(16)17/h7-11,15,18H,3-6H2,1-2H3. The molecular weight excluding hydrogens is 280 g/mol. The van der Waals surface area contributed by atoms with E-state index in [2.05, 4.69) is 10.1 Å². The quantitative estimate of drug-likeness (QED) is 0.870. The van der Waals surface area contributed by atoms with Gasteiger partial charge in [0.1, 0.15) is 11.5 Å². The monoisotopic (exact) mass is 301 g/mol. The van der Waals surface area contributed by atoms with Gasteiger partial charge in [0.2, 0.25) is 0 Å². The maximum atomic E-state index is 12.5. The molecule has 1 aromatic rings. The normalized spacial score (nSPS) is 22.1. The van der Waals surface area contributed by atoms with Crippen molar-refractivity contribution >= 4 is 5.69 Å². The van der Waals surface area contributed by atoms with Crippen molar-refractivity contribution in [2.45, 2.75) is 44.4 Å². The molecule has 0 aromatic heterocycles. The highest BCUT2D eigenvalue weighted by Gasteiger charge is 2.22. The Hall–Kier alpha value is -1.56. The number of benzene rings is 1. The van der Waals surface area contributed by atoms with Gasteiger partial charge in [0, 0.05) is 19.2 Å². The molecule has 1 fully saturated rings. The highest BCUT2D eigenvalue weighted by atomic mass is 19.3. The van der Waals surface area contributed by atoms with Gasteiger partial charge in [-0.15, -0.1) is 0 Å². The van der Waals surface area contributed by atoms with Crippen LogP contribution in [0.5, 0.6) is 11.5 Å². The molecule has 4 nitrogen and oxygen atoms in total. The van der Waals surface area contributed by atoms with Crippen LogP contribution in [0.1, 0.15) is 25.7 Å². The molecule has 0 atom stereocenters. The van der Waals surface area contributed by atoms with Gasteiger partial charge in [0.05, 0.1) is 18.9 Å².